The highest BCUT2D eigenvalue weighted by atomic mass is 16.5. The fourth-order valence-corrected chi connectivity index (χ4v) is 3.01. The summed E-state index contributed by atoms with van der Waals surface area (Å²) >= 11 is 0. The second-order valence-corrected chi connectivity index (χ2v) is 6.12. The number of esters is 1. The van der Waals surface area contributed by atoms with Crippen LogP contribution >= 0.6 is 0 Å². The molecule has 124 valence electrons. The van der Waals surface area contributed by atoms with Crippen LogP contribution in [0.2, 0.25) is 0 Å². The summed E-state index contributed by atoms with van der Waals surface area (Å²) in [7, 11) is 0. The number of ether oxygens (including phenoxy) is 1. The van der Waals surface area contributed by atoms with Crippen molar-refractivity contribution in [2.45, 2.75) is 72.1 Å². The van der Waals surface area contributed by atoms with Gasteiger partial charge in [-0.15, -0.1) is 0 Å². The number of rotatable bonds is 11. The Labute approximate surface area is 136 Å². The number of benzene rings is 1. The van der Waals surface area contributed by atoms with Gasteiger partial charge in [0, 0.05) is 6.42 Å². The lowest BCUT2D eigenvalue weighted by Gasteiger charge is -2.15. The second kappa shape index (κ2) is 11.3. The number of hydrogen-bond acceptors (Lipinski definition) is 2. The maximum absolute atomic E-state index is 11.3. The SMILES string of the molecule is CCCC(CCC)Cc1ccc(CCCC(=O)OCC)cc1. The lowest BCUT2D eigenvalue weighted by Crippen LogP contribution is -2.05. The van der Waals surface area contributed by atoms with E-state index in [1.165, 1.54) is 43.2 Å². The van der Waals surface area contributed by atoms with E-state index in [0.717, 1.165) is 18.8 Å². The summed E-state index contributed by atoms with van der Waals surface area (Å²) in [5.74, 6) is 0.741. The molecule has 0 radical (unpaired) electrons. The zero-order chi connectivity index (χ0) is 16.2. The maximum Gasteiger partial charge on any atom is 0.305 e. The summed E-state index contributed by atoms with van der Waals surface area (Å²) < 4.78 is 4.95. The molecule has 0 unspecified atom stereocenters. The maximum atomic E-state index is 11.3. The van der Waals surface area contributed by atoms with Crippen LogP contribution in [0.3, 0.4) is 0 Å². The Morgan fingerprint density at radius 2 is 1.59 bits per heavy atom. The Kier molecular flexibility index (Phi) is 9.61. The van der Waals surface area contributed by atoms with Crippen molar-refractivity contribution in [2.24, 2.45) is 5.92 Å². The predicted octanol–water partition coefficient (Wildman–Crippen LogP) is 5.33. The van der Waals surface area contributed by atoms with E-state index >= 15 is 0 Å². The van der Waals surface area contributed by atoms with E-state index in [9.17, 15) is 4.79 Å². The molecule has 1 rings (SSSR count). The van der Waals surface area contributed by atoms with Crippen LogP contribution in [0, 0.1) is 5.92 Å². The second-order valence-electron chi connectivity index (χ2n) is 6.12. The third-order valence-corrected chi connectivity index (χ3v) is 4.09. The molecule has 0 saturated heterocycles. The van der Waals surface area contributed by atoms with E-state index in [-0.39, 0.29) is 5.97 Å². The topological polar surface area (TPSA) is 26.3 Å². The van der Waals surface area contributed by atoms with Crippen LogP contribution in [0.1, 0.15) is 70.4 Å². The van der Waals surface area contributed by atoms with Crippen LogP contribution in [0.15, 0.2) is 24.3 Å². The van der Waals surface area contributed by atoms with Gasteiger partial charge in [0.25, 0.3) is 0 Å². The average Bonchev–Trinajstić information content (AvgIpc) is 2.50. The Morgan fingerprint density at radius 1 is 1.00 bits per heavy atom. The van der Waals surface area contributed by atoms with Crippen molar-refractivity contribution < 1.29 is 9.53 Å². The van der Waals surface area contributed by atoms with Crippen molar-refractivity contribution in [2.75, 3.05) is 6.61 Å². The Hall–Kier alpha value is -1.31. The molecule has 2 heteroatoms. The Balaban J connectivity index is 2.40. The standard InChI is InChI=1S/C20H32O2/c1-4-8-18(9-5-2)16-19-14-12-17(13-15-19)10-7-11-20(21)22-6-3/h12-15,18H,4-11,16H2,1-3H3. The summed E-state index contributed by atoms with van der Waals surface area (Å²) in [5, 5.41) is 0. The third kappa shape index (κ3) is 7.63. The first kappa shape index (κ1) is 18.7. The highest BCUT2D eigenvalue weighted by Crippen LogP contribution is 2.20. The van der Waals surface area contributed by atoms with Crippen LogP contribution < -0.4 is 0 Å². The molecule has 0 aliphatic heterocycles. The average molecular weight is 304 g/mol. The van der Waals surface area contributed by atoms with Gasteiger partial charge in [-0.3, -0.25) is 4.79 Å². The highest BCUT2D eigenvalue weighted by Gasteiger charge is 2.08. The van der Waals surface area contributed by atoms with Crippen molar-refractivity contribution >= 4 is 5.97 Å². The molecule has 0 heterocycles. The molecule has 0 amide bonds. The zero-order valence-electron chi connectivity index (χ0n) is 14.6. The predicted molar refractivity (Wildman–Crippen MR) is 93.0 cm³/mol. The molecular weight excluding hydrogens is 272 g/mol. The summed E-state index contributed by atoms with van der Waals surface area (Å²) in [4.78, 5) is 11.3. The normalized spacial score (nSPS) is 10.9. The third-order valence-electron chi connectivity index (χ3n) is 4.09. The molecule has 1 aromatic carbocycles. The van der Waals surface area contributed by atoms with E-state index < -0.39 is 0 Å². The van der Waals surface area contributed by atoms with E-state index in [0.29, 0.717) is 13.0 Å². The minimum absolute atomic E-state index is 0.0823. The van der Waals surface area contributed by atoms with Gasteiger partial charge in [-0.05, 0) is 43.2 Å². The monoisotopic (exact) mass is 304 g/mol. The quantitative estimate of drug-likeness (QED) is 0.516. The molecule has 0 fully saturated rings. The molecular formula is C20H32O2. The summed E-state index contributed by atoms with van der Waals surface area (Å²) in [5.41, 5.74) is 2.76. The van der Waals surface area contributed by atoms with Gasteiger partial charge >= 0.3 is 5.97 Å². The lowest BCUT2D eigenvalue weighted by molar-refractivity contribution is -0.143. The van der Waals surface area contributed by atoms with E-state index in [1.54, 1.807) is 0 Å². The molecule has 0 saturated carbocycles. The number of aryl methyl sites for hydroxylation is 1. The highest BCUT2D eigenvalue weighted by molar-refractivity contribution is 5.69. The minimum Gasteiger partial charge on any atom is -0.466 e. The molecule has 0 aliphatic carbocycles. The van der Waals surface area contributed by atoms with Gasteiger partial charge in [0.05, 0.1) is 6.61 Å². The van der Waals surface area contributed by atoms with Crippen molar-refractivity contribution in [3.8, 4) is 0 Å². The van der Waals surface area contributed by atoms with E-state index in [4.69, 9.17) is 4.74 Å². The van der Waals surface area contributed by atoms with Crippen LogP contribution in [-0.4, -0.2) is 12.6 Å². The smallest absolute Gasteiger partial charge is 0.305 e. The van der Waals surface area contributed by atoms with Crippen molar-refractivity contribution in [3.05, 3.63) is 35.4 Å². The van der Waals surface area contributed by atoms with E-state index in [2.05, 4.69) is 38.1 Å². The Bertz CT molecular complexity index is 402. The van der Waals surface area contributed by atoms with E-state index in [1.807, 2.05) is 6.92 Å². The molecule has 0 N–H and O–H groups in total. The summed E-state index contributed by atoms with van der Waals surface area (Å²) in [6.07, 6.45) is 8.74. The molecule has 0 spiro atoms. The van der Waals surface area contributed by atoms with Gasteiger partial charge < -0.3 is 4.74 Å². The van der Waals surface area contributed by atoms with Crippen LogP contribution in [0.4, 0.5) is 0 Å². The first-order valence-corrected chi connectivity index (χ1v) is 8.93. The lowest BCUT2D eigenvalue weighted by atomic mass is 9.90. The van der Waals surface area contributed by atoms with Gasteiger partial charge in [-0.1, -0.05) is 63.8 Å². The fraction of sp³-hybridized carbons (Fsp3) is 0.650. The van der Waals surface area contributed by atoms with Crippen molar-refractivity contribution in [1.29, 1.82) is 0 Å². The van der Waals surface area contributed by atoms with Gasteiger partial charge in [0.1, 0.15) is 0 Å². The van der Waals surface area contributed by atoms with Gasteiger partial charge in [-0.2, -0.15) is 0 Å². The molecule has 0 bridgehead atoms. The van der Waals surface area contributed by atoms with Gasteiger partial charge in [0.2, 0.25) is 0 Å². The first-order chi connectivity index (χ1) is 10.7. The van der Waals surface area contributed by atoms with Gasteiger partial charge in [-0.25, -0.2) is 0 Å². The summed E-state index contributed by atoms with van der Waals surface area (Å²) in [6.45, 7) is 6.87. The van der Waals surface area contributed by atoms with Crippen LogP contribution in [0.25, 0.3) is 0 Å². The molecule has 0 atom stereocenters. The summed E-state index contributed by atoms with van der Waals surface area (Å²) in [6, 6.07) is 8.96. The fourth-order valence-electron chi connectivity index (χ4n) is 3.01. The molecule has 0 aromatic heterocycles. The molecule has 1 aromatic rings. The number of carbonyl (C=O) groups is 1. The number of carbonyl (C=O) groups excluding carboxylic acids is 1. The van der Waals surface area contributed by atoms with Crippen LogP contribution in [-0.2, 0) is 22.4 Å². The van der Waals surface area contributed by atoms with Gasteiger partial charge in [0.15, 0.2) is 0 Å². The largest absolute Gasteiger partial charge is 0.466 e. The first-order valence-electron chi connectivity index (χ1n) is 8.93. The molecule has 0 aliphatic rings. The van der Waals surface area contributed by atoms with Crippen LogP contribution in [0.5, 0.6) is 0 Å². The van der Waals surface area contributed by atoms with Crippen molar-refractivity contribution in [3.63, 3.8) is 0 Å². The minimum atomic E-state index is -0.0823. The molecule has 2 nitrogen and oxygen atoms in total. The zero-order valence-corrected chi connectivity index (χ0v) is 14.6. The molecule has 22 heavy (non-hydrogen) atoms. The van der Waals surface area contributed by atoms with Crippen molar-refractivity contribution in [1.82, 2.24) is 0 Å². The Morgan fingerprint density at radius 3 is 2.14 bits per heavy atom. The number of hydrogen-bond donors (Lipinski definition) is 0.